The van der Waals surface area contributed by atoms with Crippen LogP contribution in [0.4, 0.5) is 5.69 Å². The average molecular weight is 290 g/mol. The first kappa shape index (κ1) is 13.8. The van der Waals surface area contributed by atoms with Gasteiger partial charge in [0.1, 0.15) is 0 Å². The molecule has 2 aliphatic heterocycles. The first-order valence-corrected chi connectivity index (χ1v) is 8.61. The number of benzene rings is 1. The maximum absolute atomic E-state index is 12.5. The molecule has 0 spiro atoms. The number of carbonyl (C=O) groups is 1. The number of nitrogens with zero attached hydrogens (tertiary/aromatic N) is 1. The fraction of sp³-hybridized carbons (Fsp3) is 0.562. The SMILES string of the molecule is Nc1cccc2c1CN(C(=O)CC1CCSCC1)CC2. The Hall–Kier alpha value is -1.16. The van der Waals surface area contributed by atoms with Crippen molar-refractivity contribution in [2.45, 2.75) is 32.2 Å². The molecule has 4 heteroatoms. The van der Waals surface area contributed by atoms with Crippen LogP contribution in [0.15, 0.2) is 18.2 Å². The molecule has 2 N–H and O–H groups in total. The molecule has 0 aromatic heterocycles. The second-order valence-corrected chi connectivity index (χ2v) is 7.03. The summed E-state index contributed by atoms with van der Waals surface area (Å²) in [6.45, 7) is 1.54. The number of thioether (sulfide) groups is 1. The standard InChI is InChI=1S/C16H22N2OS/c17-15-3-1-2-13-4-7-18(11-14(13)15)16(19)10-12-5-8-20-9-6-12/h1-3,12H,4-11,17H2. The first-order chi connectivity index (χ1) is 9.74. The topological polar surface area (TPSA) is 46.3 Å². The van der Waals surface area contributed by atoms with E-state index in [0.717, 1.165) is 30.6 Å². The Morgan fingerprint density at radius 2 is 2.15 bits per heavy atom. The molecule has 1 aromatic carbocycles. The van der Waals surface area contributed by atoms with Gasteiger partial charge in [-0.2, -0.15) is 11.8 Å². The van der Waals surface area contributed by atoms with Crippen LogP contribution in [0.25, 0.3) is 0 Å². The summed E-state index contributed by atoms with van der Waals surface area (Å²) in [5.41, 5.74) is 9.34. The highest BCUT2D eigenvalue weighted by Crippen LogP contribution is 2.28. The molecule has 2 heterocycles. The quantitative estimate of drug-likeness (QED) is 0.852. The van der Waals surface area contributed by atoms with Gasteiger partial charge in [-0.1, -0.05) is 12.1 Å². The number of carbonyl (C=O) groups excluding carboxylic acids is 1. The number of nitrogen functional groups attached to an aromatic ring is 1. The zero-order valence-electron chi connectivity index (χ0n) is 11.8. The Morgan fingerprint density at radius 1 is 1.35 bits per heavy atom. The molecule has 2 aliphatic rings. The summed E-state index contributed by atoms with van der Waals surface area (Å²) >= 11 is 2.01. The van der Waals surface area contributed by atoms with E-state index in [1.165, 1.54) is 29.9 Å². The maximum atomic E-state index is 12.5. The molecular formula is C16H22N2OS. The van der Waals surface area contributed by atoms with Gasteiger partial charge in [0, 0.05) is 25.2 Å². The molecule has 0 radical (unpaired) electrons. The van der Waals surface area contributed by atoms with E-state index in [2.05, 4.69) is 6.07 Å². The van der Waals surface area contributed by atoms with E-state index in [4.69, 9.17) is 5.73 Å². The summed E-state index contributed by atoms with van der Waals surface area (Å²) in [5.74, 6) is 3.34. The van der Waals surface area contributed by atoms with Gasteiger partial charge in [-0.3, -0.25) is 4.79 Å². The third kappa shape index (κ3) is 2.95. The molecule has 108 valence electrons. The lowest BCUT2D eigenvalue weighted by Crippen LogP contribution is -2.37. The highest BCUT2D eigenvalue weighted by atomic mass is 32.2. The van der Waals surface area contributed by atoms with Gasteiger partial charge in [-0.25, -0.2) is 0 Å². The van der Waals surface area contributed by atoms with Crippen LogP contribution in [-0.4, -0.2) is 28.9 Å². The lowest BCUT2D eigenvalue weighted by atomic mass is 9.95. The van der Waals surface area contributed by atoms with E-state index in [1.807, 2.05) is 28.8 Å². The van der Waals surface area contributed by atoms with Crippen molar-refractivity contribution < 1.29 is 4.79 Å². The lowest BCUT2D eigenvalue weighted by Gasteiger charge is -2.31. The molecule has 3 rings (SSSR count). The molecule has 0 unspecified atom stereocenters. The highest BCUT2D eigenvalue weighted by molar-refractivity contribution is 7.99. The molecule has 0 aliphatic carbocycles. The van der Waals surface area contributed by atoms with Gasteiger partial charge in [0.25, 0.3) is 0 Å². The Bertz CT molecular complexity index is 497. The molecule has 20 heavy (non-hydrogen) atoms. The van der Waals surface area contributed by atoms with Crippen molar-refractivity contribution in [2.24, 2.45) is 5.92 Å². The Balaban J connectivity index is 1.64. The fourth-order valence-electron chi connectivity index (χ4n) is 3.15. The predicted octanol–water partition coefficient (Wildman–Crippen LogP) is 2.69. The fourth-order valence-corrected chi connectivity index (χ4v) is 4.35. The van der Waals surface area contributed by atoms with E-state index >= 15 is 0 Å². The van der Waals surface area contributed by atoms with Crippen molar-refractivity contribution >= 4 is 23.4 Å². The number of hydrogen-bond donors (Lipinski definition) is 1. The third-order valence-electron chi connectivity index (χ3n) is 4.47. The molecule has 1 saturated heterocycles. The van der Waals surface area contributed by atoms with Crippen LogP contribution in [0.3, 0.4) is 0 Å². The molecule has 0 atom stereocenters. The normalized spacial score (nSPS) is 19.7. The van der Waals surface area contributed by atoms with Crippen molar-refractivity contribution in [2.75, 3.05) is 23.8 Å². The van der Waals surface area contributed by atoms with Crippen LogP contribution in [0.1, 0.15) is 30.4 Å². The van der Waals surface area contributed by atoms with Gasteiger partial charge in [0.2, 0.25) is 5.91 Å². The van der Waals surface area contributed by atoms with Gasteiger partial charge in [-0.15, -0.1) is 0 Å². The summed E-state index contributed by atoms with van der Waals surface area (Å²) < 4.78 is 0. The van der Waals surface area contributed by atoms with Crippen molar-refractivity contribution in [3.8, 4) is 0 Å². The first-order valence-electron chi connectivity index (χ1n) is 7.46. The number of fused-ring (bicyclic) bond motifs is 1. The smallest absolute Gasteiger partial charge is 0.223 e. The van der Waals surface area contributed by atoms with Gasteiger partial charge >= 0.3 is 0 Å². The molecule has 3 nitrogen and oxygen atoms in total. The monoisotopic (exact) mass is 290 g/mol. The van der Waals surface area contributed by atoms with Crippen LogP contribution in [0.5, 0.6) is 0 Å². The second-order valence-electron chi connectivity index (χ2n) is 5.81. The molecule has 0 bridgehead atoms. The minimum absolute atomic E-state index is 0.316. The van der Waals surface area contributed by atoms with Gasteiger partial charge in [0.05, 0.1) is 0 Å². The maximum Gasteiger partial charge on any atom is 0.223 e. The zero-order chi connectivity index (χ0) is 13.9. The lowest BCUT2D eigenvalue weighted by molar-refractivity contribution is -0.133. The minimum atomic E-state index is 0.316. The van der Waals surface area contributed by atoms with Crippen molar-refractivity contribution in [1.29, 1.82) is 0 Å². The number of rotatable bonds is 2. The van der Waals surface area contributed by atoms with Crippen LogP contribution < -0.4 is 5.73 Å². The summed E-state index contributed by atoms with van der Waals surface area (Å²) in [6.07, 6.45) is 4.06. The number of nitrogens with two attached hydrogens (primary N) is 1. The van der Waals surface area contributed by atoms with Gasteiger partial charge in [0.15, 0.2) is 0 Å². The van der Waals surface area contributed by atoms with Crippen molar-refractivity contribution in [1.82, 2.24) is 4.90 Å². The van der Waals surface area contributed by atoms with Crippen LogP contribution in [-0.2, 0) is 17.8 Å². The van der Waals surface area contributed by atoms with Crippen LogP contribution >= 0.6 is 11.8 Å². The second kappa shape index (κ2) is 6.08. The number of hydrogen-bond acceptors (Lipinski definition) is 3. The summed E-state index contributed by atoms with van der Waals surface area (Å²) in [4.78, 5) is 14.5. The minimum Gasteiger partial charge on any atom is -0.398 e. The highest BCUT2D eigenvalue weighted by Gasteiger charge is 2.25. The van der Waals surface area contributed by atoms with E-state index in [1.54, 1.807) is 0 Å². The third-order valence-corrected chi connectivity index (χ3v) is 5.51. The largest absolute Gasteiger partial charge is 0.398 e. The van der Waals surface area contributed by atoms with E-state index in [0.29, 0.717) is 18.4 Å². The van der Waals surface area contributed by atoms with Gasteiger partial charge < -0.3 is 10.6 Å². The summed E-state index contributed by atoms with van der Waals surface area (Å²) in [5, 5.41) is 0. The predicted molar refractivity (Wildman–Crippen MR) is 84.6 cm³/mol. The number of amides is 1. The zero-order valence-corrected chi connectivity index (χ0v) is 12.6. The van der Waals surface area contributed by atoms with E-state index in [-0.39, 0.29) is 0 Å². The molecule has 0 saturated carbocycles. The van der Waals surface area contributed by atoms with E-state index < -0.39 is 0 Å². The molecule has 1 aromatic rings. The summed E-state index contributed by atoms with van der Waals surface area (Å²) in [6, 6.07) is 6.07. The Kier molecular flexibility index (Phi) is 4.20. The van der Waals surface area contributed by atoms with Gasteiger partial charge in [-0.05, 0) is 53.9 Å². The van der Waals surface area contributed by atoms with Crippen molar-refractivity contribution in [3.63, 3.8) is 0 Å². The average Bonchev–Trinajstić information content (AvgIpc) is 2.48. The van der Waals surface area contributed by atoms with Crippen LogP contribution in [0.2, 0.25) is 0 Å². The van der Waals surface area contributed by atoms with Crippen LogP contribution in [0, 0.1) is 5.92 Å². The Morgan fingerprint density at radius 3 is 2.95 bits per heavy atom. The Labute approximate surface area is 124 Å². The molecular weight excluding hydrogens is 268 g/mol. The number of anilines is 1. The molecule has 1 fully saturated rings. The summed E-state index contributed by atoms with van der Waals surface area (Å²) in [7, 11) is 0. The van der Waals surface area contributed by atoms with Crippen molar-refractivity contribution in [3.05, 3.63) is 29.3 Å². The van der Waals surface area contributed by atoms with E-state index in [9.17, 15) is 4.79 Å². The molecule has 1 amide bonds.